The van der Waals surface area contributed by atoms with Crippen molar-refractivity contribution in [2.24, 2.45) is 5.92 Å². The summed E-state index contributed by atoms with van der Waals surface area (Å²) in [7, 11) is 0. The van der Waals surface area contributed by atoms with E-state index in [0.29, 0.717) is 5.78 Å². The highest BCUT2D eigenvalue weighted by Gasteiger charge is 2.10. The lowest BCUT2D eigenvalue weighted by Gasteiger charge is -2.07. The third kappa shape index (κ3) is 5.31. The van der Waals surface area contributed by atoms with E-state index in [4.69, 9.17) is 0 Å². The molecule has 66 valence electrons. The first-order chi connectivity index (χ1) is 5.22. The zero-order valence-electron chi connectivity index (χ0n) is 7.72. The molecule has 2 heteroatoms. The Morgan fingerprint density at radius 3 is 2.64 bits per heavy atom. The molecule has 0 spiro atoms. The van der Waals surface area contributed by atoms with Gasteiger partial charge in [-0.05, 0) is 18.4 Å². The normalized spacial score (nSPS) is 13.0. The molecule has 0 amide bonds. The van der Waals surface area contributed by atoms with Gasteiger partial charge in [0.1, 0.15) is 5.78 Å². The fourth-order valence-electron chi connectivity index (χ4n) is 1.04. The first-order valence-corrected chi connectivity index (χ1v) is 5.63. The Balaban J connectivity index is 3.47. The number of carbonyl (C=O) groups is 1. The van der Waals surface area contributed by atoms with Crippen LogP contribution in [0.1, 0.15) is 33.1 Å². The summed E-state index contributed by atoms with van der Waals surface area (Å²) in [6.07, 6.45) is 4.96. The average Bonchev–Trinajstić information content (AvgIpc) is 2.00. The van der Waals surface area contributed by atoms with Crippen molar-refractivity contribution in [1.29, 1.82) is 0 Å². The zero-order chi connectivity index (χ0) is 8.69. The fourth-order valence-corrected chi connectivity index (χ4v) is 1.45. The molecule has 0 rings (SSSR count). The topological polar surface area (TPSA) is 17.1 Å². The minimum absolute atomic E-state index is 0.284. The summed E-state index contributed by atoms with van der Waals surface area (Å²) < 4.78 is 0. The molecule has 1 atom stereocenters. The molecular weight excluding hydrogens is 156 g/mol. The maximum Gasteiger partial charge on any atom is 0.136 e. The minimum atomic E-state index is 0.284. The van der Waals surface area contributed by atoms with Crippen LogP contribution in [0.5, 0.6) is 0 Å². The standard InChI is InChI=1S/C9H18OS/c1-4-5-8(2)9(10)6-7-11-3/h8H,4-7H2,1-3H3. The van der Waals surface area contributed by atoms with Gasteiger partial charge in [-0.2, -0.15) is 11.8 Å². The first-order valence-electron chi connectivity index (χ1n) is 4.24. The van der Waals surface area contributed by atoms with E-state index in [1.165, 1.54) is 0 Å². The van der Waals surface area contributed by atoms with E-state index in [1.54, 1.807) is 11.8 Å². The molecule has 0 bridgehead atoms. The van der Waals surface area contributed by atoms with Crippen molar-refractivity contribution < 1.29 is 4.79 Å². The summed E-state index contributed by atoms with van der Waals surface area (Å²) >= 11 is 1.74. The van der Waals surface area contributed by atoms with Gasteiger partial charge in [-0.15, -0.1) is 0 Å². The number of thioether (sulfide) groups is 1. The molecule has 0 radical (unpaired) electrons. The Kier molecular flexibility index (Phi) is 6.73. The maximum atomic E-state index is 11.3. The van der Waals surface area contributed by atoms with E-state index in [1.807, 2.05) is 13.2 Å². The molecule has 0 aliphatic rings. The fraction of sp³-hybridized carbons (Fsp3) is 0.889. The van der Waals surface area contributed by atoms with Gasteiger partial charge in [0.25, 0.3) is 0 Å². The Morgan fingerprint density at radius 1 is 1.55 bits per heavy atom. The third-order valence-electron chi connectivity index (χ3n) is 1.82. The molecule has 11 heavy (non-hydrogen) atoms. The quantitative estimate of drug-likeness (QED) is 0.616. The van der Waals surface area contributed by atoms with Gasteiger partial charge in [0, 0.05) is 12.3 Å². The average molecular weight is 174 g/mol. The van der Waals surface area contributed by atoms with Crippen LogP contribution >= 0.6 is 11.8 Å². The lowest BCUT2D eigenvalue weighted by atomic mass is 9.99. The van der Waals surface area contributed by atoms with Gasteiger partial charge in [-0.3, -0.25) is 4.79 Å². The van der Waals surface area contributed by atoms with Gasteiger partial charge >= 0.3 is 0 Å². The largest absolute Gasteiger partial charge is 0.299 e. The smallest absolute Gasteiger partial charge is 0.136 e. The van der Waals surface area contributed by atoms with Crippen LogP contribution in [-0.4, -0.2) is 17.8 Å². The molecule has 0 saturated heterocycles. The Bertz CT molecular complexity index is 112. The van der Waals surface area contributed by atoms with Crippen LogP contribution in [0.2, 0.25) is 0 Å². The highest BCUT2D eigenvalue weighted by atomic mass is 32.2. The van der Waals surface area contributed by atoms with Gasteiger partial charge < -0.3 is 0 Å². The highest BCUT2D eigenvalue weighted by Crippen LogP contribution is 2.10. The zero-order valence-corrected chi connectivity index (χ0v) is 8.54. The summed E-state index contributed by atoms with van der Waals surface area (Å²) in [5.41, 5.74) is 0. The van der Waals surface area contributed by atoms with Crippen LogP contribution in [0.3, 0.4) is 0 Å². The van der Waals surface area contributed by atoms with Crippen LogP contribution in [-0.2, 0) is 4.79 Å². The molecule has 0 aromatic heterocycles. The van der Waals surface area contributed by atoms with Gasteiger partial charge in [-0.25, -0.2) is 0 Å². The molecule has 1 unspecified atom stereocenters. The van der Waals surface area contributed by atoms with Crippen molar-refractivity contribution >= 4 is 17.5 Å². The number of hydrogen-bond donors (Lipinski definition) is 0. The summed E-state index contributed by atoms with van der Waals surface area (Å²) in [6.45, 7) is 4.16. The van der Waals surface area contributed by atoms with Crippen molar-refractivity contribution in [3.05, 3.63) is 0 Å². The SMILES string of the molecule is CCCC(C)C(=O)CCSC. The van der Waals surface area contributed by atoms with E-state index in [0.717, 1.165) is 25.0 Å². The van der Waals surface area contributed by atoms with E-state index in [9.17, 15) is 4.79 Å². The first kappa shape index (κ1) is 11.0. The van der Waals surface area contributed by atoms with E-state index < -0.39 is 0 Å². The minimum Gasteiger partial charge on any atom is -0.299 e. The van der Waals surface area contributed by atoms with E-state index in [2.05, 4.69) is 6.92 Å². The predicted octanol–water partition coefficient (Wildman–Crippen LogP) is 2.74. The Labute approximate surface area is 73.9 Å². The van der Waals surface area contributed by atoms with Crippen LogP contribution in [0.25, 0.3) is 0 Å². The van der Waals surface area contributed by atoms with Gasteiger partial charge in [0.05, 0.1) is 0 Å². The monoisotopic (exact) mass is 174 g/mol. The summed E-state index contributed by atoms with van der Waals surface area (Å²) in [6, 6.07) is 0. The summed E-state index contributed by atoms with van der Waals surface area (Å²) in [5, 5.41) is 0. The van der Waals surface area contributed by atoms with Gasteiger partial charge in [0.2, 0.25) is 0 Å². The van der Waals surface area contributed by atoms with Crippen molar-refractivity contribution in [3.8, 4) is 0 Å². The summed E-state index contributed by atoms with van der Waals surface area (Å²) in [5.74, 6) is 1.70. The second-order valence-electron chi connectivity index (χ2n) is 2.90. The lowest BCUT2D eigenvalue weighted by molar-refractivity contribution is -0.122. The van der Waals surface area contributed by atoms with E-state index in [-0.39, 0.29) is 5.92 Å². The maximum absolute atomic E-state index is 11.3. The second-order valence-corrected chi connectivity index (χ2v) is 3.88. The second kappa shape index (κ2) is 6.71. The molecule has 1 nitrogen and oxygen atoms in total. The molecule has 0 N–H and O–H groups in total. The number of hydrogen-bond acceptors (Lipinski definition) is 2. The third-order valence-corrected chi connectivity index (χ3v) is 2.44. The molecule has 0 saturated carbocycles. The Morgan fingerprint density at radius 2 is 2.18 bits per heavy atom. The van der Waals surface area contributed by atoms with Crippen LogP contribution < -0.4 is 0 Å². The molecule has 0 fully saturated rings. The van der Waals surface area contributed by atoms with Crippen molar-refractivity contribution in [3.63, 3.8) is 0 Å². The van der Waals surface area contributed by atoms with Gasteiger partial charge in [-0.1, -0.05) is 20.3 Å². The highest BCUT2D eigenvalue weighted by molar-refractivity contribution is 7.98. The van der Waals surface area contributed by atoms with E-state index >= 15 is 0 Å². The van der Waals surface area contributed by atoms with Crippen LogP contribution in [0, 0.1) is 5.92 Å². The summed E-state index contributed by atoms with van der Waals surface area (Å²) in [4.78, 5) is 11.3. The van der Waals surface area contributed by atoms with Crippen LogP contribution in [0.4, 0.5) is 0 Å². The van der Waals surface area contributed by atoms with Crippen molar-refractivity contribution in [1.82, 2.24) is 0 Å². The molecule has 0 aliphatic heterocycles. The molecular formula is C9H18OS. The lowest BCUT2D eigenvalue weighted by Crippen LogP contribution is -2.11. The molecule has 0 aromatic rings. The molecule has 0 heterocycles. The number of Topliss-reactive ketones (excluding diaryl/α,β-unsaturated/α-hetero) is 1. The number of carbonyl (C=O) groups excluding carboxylic acids is 1. The number of rotatable bonds is 6. The van der Waals surface area contributed by atoms with Gasteiger partial charge in [0.15, 0.2) is 0 Å². The van der Waals surface area contributed by atoms with Crippen molar-refractivity contribution in [2.45, 2.75) is 33.1 Å². The number of ketones is 1. The molecule has 0 aromatic carbocycles. The molecule has 0 aliphatic carbocycles. The predicted molar refractivity (Wildman–Crippen MR) is 52.1 cm³/mol. The van der Waals surface area contributed by atoms with Crippen LogP contribution in [0.15, 0.2) is 0 Å². The Hall–Kier alpha value is 0.0200. The van der Waals surface area contributed by atoms with Crippen molar-refractivity contribution in [2.75, 3.05) is 12.0 Å².